The highest BCUT2D eigenvalue weighted by molar-refractivity contribution is 7.92. The molecule has 0 fully saturated rings. The zero-order valence-corrected chi connectivity index (χ0v) is 11.1. The lowest BCUT2D eigenvalue weighted by Crippen LogP contribution is -2.16. The van der Waals surface area contributed by atoms with E-state index in [2.05, 4.69) is 0 Å². The number of hydrogen-bond acceptors (Lipinski definition) is 4. The lowest BCUT2D eigenvalue weighted by atomic mass is 10.3. The van der Waals surface area contributed by atoms with E-state index in [-0.39, 0.29) is 0 Å². The van der Waals surface area contributed by atoms with Crippen molar-refractivity contribution < 1.29 is 22.1 Å². The fraction of sp³-hybridized carbons (Fsp3) is 0. The first-order chi connectivity index (χ1) is 9.83. The monoisotopic (exact) mass is 314 g/mol. The maximum Gasteiger partial charge on any atom is 0.325 e. The van der Waals surface area contributed by atoms with Crippen LogP contribution in [0.3, 0.4) is 0 Å². The fourth-order valence-electron chi connectivity index (χ4n) is 1.63. The summed E-state index contributed by atoms with van der Waals surface area (Å²) in [6, 6.07) is 7.51. The van der Waals surface area contributed by atoms with E-state index in [0.717, 1.165) is 30.3 Å². The molecule has 0 saturated heterocycles. The molecule has 0 saturated carbocycles. The van der Waals surface area contributed by atoms with Crippen LogP contribution in [-0.4, -0.2) is 13.3 Å². The Balaban J connectivity index is 2.53. The third kappa shape index (κ3) is 2.97. The van der Waals surface area contributed by atoms with Gasteiger partial charge in [0, 0.05) is 0 Å². The molecule has 0 aliphatic heterocycles. The van der Waals surface area contributed by atoms with Gasteiger partial charge in [-0.2, -0.15) is 4.39 Å². The molecule has 0 unspecified atom stereocenters. The lowest BCUT2D eigenvalue weighted by molar-refractivity contribution is -0.390. The Morgan fingerprint density at radius 1 is 1.00 bits per heavy atom. The van der Waals surface area contributed by atoms with Crippen LogP contribution in [0.25, 0.3) is 0 Å². The van der Waals surface area contributed by atoms with E-state index >= 15 is 0 Å². The Morgan fingerprint density at radius 3 is 2.24 bits per heavy atom. The number of anilines is 1. The van der Waals surface area contributed by atoms with Gasteiger partial charge in [-0.1, -0.05) is 18.2 Å². The molecule has 2 aromatic rings. The van der Waals surface area contributed by atoms with Gasteiger partial charge in [-0.25, -0.2) is 12.8 Å². The topological polar surface area (TPSA) is 89.3 Å². The molecule has 0 aliphatic carbocycles. The molecule has 9 heteroatoms. The van der Waals surface area contributed by atoms with Gasteiger partial charge in [0.1, 0.15) is 5.82 Å². The first-order valence-electron chi connectivity index (χ1n) is 5.53. The highest BCUT2D eigenvalue weighted by atomic mass is 32.2. The van der Waals surface area contributed by atoms with Crippen molar-refractivity contribution >= 4 is 21.4 Å². The molecule has 0 bridgehead atoms. The van der Waals surface area contributed by atoms with E-state index < -0.39 is 42.9 Å². The van der Waals surface area contributed by atoms with Gasteiger partial charge < -0.3 is 0 Å². The standard InChI is InChI=1S/C12H8F2N2O4S/c13-8-4-1-2-6-10(8)15-21(19,20)11-7-3-5-9(14)12(11)16(17)18/h1-7,15H. The summed E-state index contributed by atoms with van der Waals surface area (Å²) in [6.07, 6.45) is 0. The first-order valence-corrected chi connectivity index (χ1v) is 7.01. The fourth-order valence-corrected chi connectivity index (χ4v) is 2.88. The Kier molecular flexibility index (Phi) is 3.85. The SMILES string of the molecule is O=[N+]([O-])c1c(F)cccc1S(=O)(=O)Nc1ccccc1F. The van der Waals surface area contributed by atoms with Crippen LogP contribution in [0.2, 0.25) is 0 Å². The van der Waals surface area contributed by atoms with Crippen molar-refractivity contribution in [1.29, 1.82) is 0 Å². The van der Waals surface area contributed by atoms with Gasteiger partial charge in [0.05, 0.1) is 10.6 Å². The smallest absolute Gasteiger partial charge is 0.276 e. The summed E-state index contributed by atoms with van der Waals surface area (Å²) in [7, 11) is -4.51. The number of nitro groups is 1. The van der Waals surface area contributed by atoms with Crippen LogP contribution in [-0.2, 0) is 10.0 Å². The lowest BCUT2D eigenvalue weighted by Gasteiger charge is -2.09. The van der Waals surface area contributed by atoms with Crippen molar-refractivity contribution in [3.05, 3.63) is 64.2 Å². The highest BCUT2D eigenvalue weighted by Gasteiger charge is 2.29. The van der Waals surface area contributed by atoms with Crippen LogP contribution >= 0.6 is 0 Å². The second-order valence-corrected chi connectivity index (χ2v) is 5.58. The number of rotatable bonds is 4. The van der Waals surface area contributed by atoms with Crippen molar-refractivity contribution in [1.82, 2.24) is 0 Å². The molecular formula is C12H8F2N2O4S. The van der Waals surface area contributed by atoms with Crippen molar-refractivity contribution in [3.8, 4) is 0 Å². The molecule has 1 N–H and O–H groups in total. The van der Waals surface area contributed by atoms with Gasteiger partial charge in [-0.15, -0.1) is 0 Å². The summed E-state index contributed by atoms with van der Waals surface area (Å²) >= 11 is 0. The zero-order valence-electron chi connectivity index (χ0n) is 10.3. The maximum atomic E-state index is 13.4. The minimum absolute atomic E-state index is 0.393. The third-order valence-electron chi connectivity index (χ3n) is 2.54. The Labute approximate surface area is 118 Å². The van der Waals surface area contributed by atoms with Crippen LogP contribution in [0.4, 0.5) is 20.2 Å². The number of nitro benzene ring substituents is 1. The number of sulfonamides is 1. The molecule has 110 valence electrons. The quantitative estimate of drug-likeness (QED) is 0.694. The summed E-state index contributed by atoms with van der Waals surface area (Å²) in [5.41, 5.74) is -1.59. The predicted molar refractivity (Wildman–Crippen MR) is 70.3 cm³/mol. The number of nitrogens with one attached hydrogen (secondary N) is 1. The molecule has 0 aliphatic rings. The van der Waals surface area contributed by atoms with Crippen LogP contribution in [0.5, 0.6) is 0 Å². The van der Waals surface area contributed by atoms with Crippen LogP contribution in [0.1, 0.15) is 0 Å². The Bertz CT molecular complexity index is 809. The normalized spacial score (nSPS) is 11.1. The third-order valence-corrected chi connectivity index (χ3v) is 3.94. The Hall–Kier alpha value is -2.55. The molecule has 0 radical (unpaired) electrons. The van der Waals surface area contributed by atoms with Crippen LogP contribution in [0.15, 0.2) is 47.4 Å². The average molecular weight is 314 g/mol. The summed E-state index contributed by atoms with van der Waals surface area (Å²) < 4.78 is 52.9. The second kappa shape index (κ2) is 5.44. The molecule has 0 aromatic heterocycles. The van der Waals surface area contributed by atoms with E-state index in [9.17, 15) is 27.3 Å². The minimum Gasteiger partial charge on any atom is -0.276 e. The molecule has 0 spiro atoms. The highest BCUT2D eigenvalue weighted by Crippen LogP contribution is 2.28. The molecule has 2 aromatic carbocycles. The molecule has 2 rings (SSSR count). The van der Waals surface area contributed by atoms with Crippen molar-refractivity contribution in [2.24, 2.45) is 0 Å². The summed E-state index contributed by atoms with van der Waals surface area (Å²) in [4.78, 5) is 8.78. The molecule has 0 atom stereocenters. The van der Waals surface area contributed by atoms with E-state index in [4.69, 9.17) is 0 Å². The Morgan fingerprint density at radius 2 is 1.62 bits per heavy atom. The number of halogens is 2. The van der Waals surface area contributed by atoms with E-state index in [1.807, 2.05) is 4.72 Å². The summed E-state index contributed by atoms with van der Waals surface area (Å²) in [5.74, 6) is -2.16. The molecule has 6 nitrogen and oxygen atoms in total. The van der Waals surface area contributed by atoms with E-state index in [1.165, 1.54) is 12.1 Å². The largest absolute Gasteiger partial charge is 0.325 e. The second-order valence-electron chi connectivity index (χ2n) is 3.93. The summed E-state index contributed by atoms with van der Waals surface area (Å²) in [5, 5.41) is 10.8. The van der Waals surface area contributed by atoms with Gasteiger partial charge >= 0.3 is 5.69 Å². The van der Waals surface area contributed by atoms with Gasteiger partial charge in [-0.05, 0) is 24.3 Å². The first kappa shape index (κ1) is 14.9. The van der Waals surface area contributed by atoms with Crippen LogP contribution in [0, 0.1) is 21.7 Å². The maximum absolute atomic E-state index is 13.4. The van der Waals surface area contributed by atoms with Crippen LogP contribution < -0.4 is 4.72 Å². The number of para-hydroxylation sites is 2. The van der Waals surface area contributed by atoms with Gasteiger partial charge in [0.2, 0.25) is 5.82 Å². The predicted octanol–water partition coefficient (Wildman–Crippen LogP) is 2.67. The van der Waals surface area contributed by atoms with Crippen molar-refractivity contribution in [2.75, 3.05) is 4.72 Å². The van der Waals surface area contributed by atoms with E-state index in [0.29, 0.717) is 0 Å². The molecule has 0 heterocycles. The number of hydrogen-bond donors (Lipinski definition) is 1. The minimum atomic E-state index is -4.51. The van der Waals surface area contributed by atoms with Crippen molar-refractivity contribution in [3.63, 3.8) is 0 Å². The summed E-state index contributed by atoms with van der Waals surface area (Å²) in [6.45, 7) is 0. The number of benzene rings is 2. The van der Waals surface area contributed by atoms with Gasteiger partial charge in [0.15, 0.2) is 4.90 Å². The van der Waals surface area contributed by atoms with Gasteiger partial charge in [-0.3, -0.25) is 14.8 Å². The van der Waals surface area contributed by atoms with Gasteiger partial charge in [0.25, 0.3) is 10.0 Å². The molecular weight excluding hydrogens is 306 g/mol. The number of nitrogens with zero attached hydrogens (tertiary/aromatic N) is 1. The molecule has 21 heavy (non-hydrogen) atoms. The average Bonchev–Trinajstić information content (AvgIpc) is 2.40. The van der Waals surface area contributed by atoms with E-state index in [1.54, 1.807) is 0 Å². The van der Waals surface area contributed by atoms with Crippen molar-refractivity contribution in [2.45, 2.75) is 4.90 Å². The zero-order chi connectivity index (χ0) is 15.6. The molecule has 0 amide bonds.